The summed E-state index contributed by atoms with van der Waals surface area (Å²) in [5, 5.41) is 8.87. The lowest BCUT2D eigenvalue weighted by atomic mass is 10.4. The lowest BCUT2D eigenvalue weighted by molar-refractivity contribution is 0.684. The van der Waals surface area contributed by atoms with E-state index >= 15 is 0 Å². The summed E-state index contributed by atoms with van der Waals surface area (Å²) >= 11 is 4.96. The van der Waals surface area contributed by atoms with E-state index in [0.717, 1.165) is 33.4 Å². The standard InChI is InChI=1S/C10H13BrN6S/c1-3-4-12-8-7(11)9(14-5-13-8)18-10-15-6-16-17(10)2/h5-6H,3-4H2,1-2H3,(H,12,13,14). The smallest absolute Gasteiger partial charge is 0.192 e. The van der Waals surface area contributed by atoms with Crippen molar-refractivity contribution in [2.45, 2.75) is 23.5 Å². The Kier molecular flexibility index (Phi) is 4.54. The average Bonchev–Trinajstić information content (AvgIpc) is 2.76. The number of hydrogen-bond donors (Lipinski definition) is 1. The van der Waals surface area contributed by atoms with E-state index in [2.05, 4.69) is 48.2 Å². The molecule has 0 aromatic carbocycles. The van der Waals surface area contributed by atoms with Crippen LogP contribution in [0.25, 0.3) is 0 Å². The fourth-order valence-electron chi connectivity index (χ4n) is 1.26. The van der Waals surface area contributed by atoms with Crippen LogP contribution >= 0.6 is 27.7 Å². The zero-order chi connectivity index (χ0) is 13.0. The van der Waals surface area contributed by atoms with Gasteiger partial charge < -0.3 is 5.32 Å². The van der Waals surface area contributed by atoms with Gasteiger partial charge >= 0.3 is 0 Å². The van der Waals surface area contributed by atoms with Crippen LogP contribution in [-0.4, -0.2) is 31.3 Å². The number of hydrogen-bond acceptors (Lipinski definition) is 6. The third-order valence-corrected chi connectivity index (χ3v) is 4.23. The highest BCUT2D eigenvalue weighted by Crippen LogP contribution is 2.33. The van der Waals surface area contributed by atoms with Gasteiger partial charge in [0.25, 0.3) is 0 Å². The third-order valence-electron chi connectivity index (χ3n) is 2.16. The average molecular weight is 329 g/mol. The van der Waals surface area contributed by atoms with Crippen molar-refractivity contribution in [2.75, 3.05) is 11.9 Å². The van der Waals surface area contributed by atoms with Gasteiger partial charge in [0.05, 0.1) is 4.47 Å². The lowest BCUT2D eigenvalue weighted by Crippen LogP contribution is -2.04. The van der Waals surface area contributed by atoms with E-state index in [1.807, 2.05) is 7.05 Å². The van der Waals surface area contributed by atoms with Gasteiger partial charge in [-0.15, -0.1) is 0 Å². The molecule has 0 saturated carbocycles. The monoisotopic (exact) mass is 328 g/mol. The molecule has 2 heterocycles. The van der Waals surface area contributed by atoms with Crippen molar-refractivity contribution in [1.82, 2.24) is 24.7 Å². The summed E-state index contributed by atoms with van der Waals surface area (Å²) in [7, 11) is 1.85. The molecule has 0 atom stereocenters. The van der Waals surface area contributed by atoms with E-state index in [1.54, 1.807) is 11.0 Å². The first-order valence-corrected chi connectivity index (χ1v) is 7.09. The minimum absolute atomic E-state index is 0.788. The summed E-state index contributed by atoms with van der Waals surface area (Å²) in [5.74, 6) is 0.802. The van der Waals surface area contributed by atoms with Crippen molar-refractivity contribution in [3.8, 4) is 0 Å². The summed E-state index contributed by atoms with van der Waals surface area (Å²) in [6, 6.07) is 0. The Bertz CT molecular complexity index is 529. The van der Waals surface area contributed by atoms with Crippen molar-refractivity contribution < 1.29 is 0 Å². The van der Waals surface area contributed by atoms with Crippen molar-refractivity contribution in [3.63, 3.8) is 0 Å². The number of aromatic nitrogens is 5. The van der Waals surface area contributed by atoms with Gasteiger partial charge in [-0.05, 0) is 34.1 Å². The van der Waals surface area contributed by atoms with Gasteiger partial charge in [-0.3, -0.25) is 0 Å². The summed E-state index contributed by atoms with van der Waals surface area (Å²) in [6.07, 6.45) is 4.11. The maximum atomic E-state index is 4.25. The summed E-state index contributed by atoms with van der Waals surface area (Å²) in [6.45, 7) is 2.99. The van der Waals surface area contributed by atoms with E-state index in [-0.39, 0.29) is 0 Å². The Hall–Kier alpha value is -1.15. The highest BCUT2D eigenvalue weighted by atomic mass is 79.9. The van der Waals surface area contributed by atoms with Crippen molar-refractivity contribution in [1.29, 1.82) is 0 Å². The van der Waals surface area contributed by atoms with Crippen LogP contribution in [-0.2, 0) is 7.05 Å². The number of rotatable bonds is 5. The number of halogens is 1. The molecule has 8 heteroatoms. The topological polar surface area (TPSA) is 68.5 Å². The van der Waals surface area contributed by atoms with E-state index in [0.29, 0.717) is 0 Å². The molecule has 6 nitrogen and oxygen atoms in total. The molecule has 0 aliphatic carbocycles. The molecule has 0 amide bonds. The molecular weight excluding hydrogens is 316 g/mol. The number of anilines is 1. The van der Waals surface area contributed by atoms with Crippen molar-refractivity contribution in [2.24, 2.45) is 7.05 Å². The number of nitrogens with zero attached hydrogens (tertiary/aromatic N) is 5. The Morgan fingerprint density at radius 1 is 1.33 bits per heavy atom. The SMILES string of the molecule is CCCNc1ncnc(Sc2ncnn2C)c1Br. The van der Waals surface area contributed by atoms with Crippen molar-refractivity contribution >= 4 is 33.5 Å². The van der Waals surface area contributed by atoms with Crippen LogP contribution in [0.4, 0.5) is 5.82 Å². The molecule has 0 saturated heterocycles. The quantitative estimate of drug-likeness (QED) is 0.849. The normalized spacial score (nSPS) is 10.6. The van der Waals surface area contributed by atoms with Gasteiger partial charge in [0, 0.05) is 13.6 Å². The first-order chi connectivity index (χ1) is 8.72. The molecule has 0 bridgehead atoms. The third kappa shape index (κ3) is 2.99. The molecule has 2 aromatic rings. The van der Waals surface area contributed by atoms with E-state index in [4.69, 9.17) is 0 Å². The predicted octanol–water partition coefficient (Wildman–Crippen LogP) is 2.34. The Labute approximate surface area is 118 Å². The van der Waals surface area contributed by atoms with E-state index in [9.17, 15) is 0 Å². The first kappa shape index (κ1) is 13.3. The minimum atomic E-state index is 0.788. The zero-order valence-corrected chi connectivity index (χ0v) is 12.5. The van der Waals surface area contributed by atoms with Crippen LogP contribution < -0.4 is 5.32 Å². The van der Waals surface area contributed by atoms with Crippen LogP contribution in [0.5, 0.6) is 0 Å². The van der Waals surface area contributed by atoms with Crippen LogP contribution in [0.15, 0.2) is 27.3 Å². The molecule has 2 rings (SSSR count). The molecule has 18 heavy (non-hydrogen) atoms. The second-order valence-electron chi connectivity index (χ2n) is 3.54. The van der Waals surface area contributed by atoms with Crippen LogP contribution in [0.1, 0.15) is 13.3 Å². The molecule has 0 unspecified atom stereocenters. The largest absolute Gasteiger partial charge is 0.369 e. The number of aryl methyl sites for hydroxylation is 1. The fourth-order valence-corrected chi connectivity index (χ4v) is 2.58. The van der Waals surface area contributed by atoms with E-state index in [1.165, 1.54) is 18.1 Å². The summed E-state index contributed by atoms with van der Waals surface area (Å²) < 4.78 is 2.56. The van der Waals surface area contributed by atoms with Crippen molar-refractivity contribution in [3.05, 3.63) is 17.1 Å². The molecule has 0 fully saturated rings. The molecule has 96 valence electrons. The summed E-state index contributed by atoms with van der Waals surface area (Å²) in [4.78, 5) is 12.6. The predicted molar refractivity (Wildman–Crippen MR) is 73.6 cm³/mol. The number of nitrogens with one attached hydrogen (secondary N) is 1. The maximum Gasteiger partial charge on any atom is 0.192 e. The lowest BCUT2D eigenvalue weighted by Gasteiger charge is -2.08. The summed E-state index contributed by atoms with van der Waals surface area (Å²) in [5.41, 5.74) is 0. The highest BCUT2D eigenvalue weighted by Gasteiger charge is 2.12. The van der Waals surface area contributed by atoms with Crippen LogP contribution in [0, 0.1) is 0 Å². The van der Waals surface area contributed by atoms with Gasteiger partial charge in [0.2, 0.25) is 0 Å². The van der Waals surface area contributed by atoms with Gasteiger partial charge in [-0.2, -0.15) is 5.10 Å². The molecule has 0 aliphatic heterocycles. The molecular formula is C10H13BrN6S. The second-order valence-corrected chi connectivity index (χ2v) is 5.29. The minimum Gasteiger partial charge on any atom is -0.369 e. The highest BCUT2D eigenvalue weighted by molar-refractivity contribution is 9.10. The Morgan fingerprint density at radius 3 is 2.83 bits per heavy atom. The van der Waals surface area contributed by atoms with Gasteiger partial charge in [0.15, 0.2) is 5.16 Å². The van der Waals surface area contributed by atoms with Gasteiger partial charge in [-0.1, -0.05) is 6.92 Å². The molecule has 1 N–H and O–H groups in total. The molecule has 2 aromatic heterocycles. The molecule has 0 spiro atoms. The van der Waals surface area contributed by atoms with E-state index < -0.39 is 0 Å². The Morgan fingerprint density at radius 2 is 2.17 bits per heavy atom. The first-order valence-electron chi connectivity index (χ1n) is 5.48. The van der Waals surface area contributed by atoms with Crippen LogP contribution in [0.3, 0.4) is 0 Å². The molecule has 0 radical (unpaired) electrons. The fraction of sp³-hybridized carbons (Fsp3) is 0.400. The molecule has 0 aliphatic rings. The second kappa shape index (κ2) is 6.14. The van der Waals surface area contributed by atoms with Gasteiger partial charge in [-0.25, -0.2) is 19.6 Å². The maximum absolute atomic E-state index is 4.25. The Balaban J connectivity index is 2.21. The zero-order valence-electron chi connectivity index (χ0n) is 10.1. The van der Waals surface area contributed by atoms with Gasteiger partial charge in [0.1, 0.15) is 23.5 Å². The van der Waals surface area contributed by atoms with Crippen LogP contribution in [0.2, 0.25) is 0 Å².